The summed E-state index contributed by atoms with van der Waals surface area (Å²) in [5, 5.41) is 10.8. The zero-order chi connectivity index (χ0) is 14.7. The molecule has 0 spiro atoms. The van der Waals surface area contributed by atoms with Gasteiger partial charge in [0.05, 0.1) is 10.5 Å². The van der Waals surface area contributed by atoms with Crippen LogP contribution in [-0.4, -0.2) is 28.8 Å². The van der Waals surface area contributed by atoms with Crippen LogP contribution < -0.4 is 5.73 Å². The second kappa shape index (κ2) is 5.69. The predicted molar refractivity (Wildman–Crippen MR) is 73.9 cm³/mol. The normalized spacial score (nSPS) is 12.3. The number of benzene rings is 1. The number of nitrogens with zero attached hydrogens (tertiary/aromatic N) is 2. The zero-order valence-electron chi connectivity index (χ0n) is 11.6. The molecule has 1 aromatic carbocycles. The van der Waals surface area contributed by atoms with Crippen molar-refractivity contribution in [1.82, 2.24) is 4.90 Å². The fraction of sp³-hybridized carbons (Fsp3) is 0.462. The molecule has 1 atom stereocenters. The second-order valence-corrected chi connectivity index (χ2v) is 4.90. The topological polar surface area (TPSA) is 89.5 Å². The van der Waals surface area contributed by atoms with E-state index in [0.717, 1.165) is 0 Å². The lowest BCUT2D eigenvalue weighted by molar-refractivity contribution is -0.383. The molecule has 0 saturated carbocycles. The van der Waals surface area contributed by atoms with Gasteiger partial charge in [-0.05, 0) is 18.9 Å². The van der Waals surface area contributed by atoms with E-state index >= 15 is 0 Å². The second-order valence-electron chi connectivity index (χ2n) is 4.90. The number of carbonyl (C=O) groups is 1. The summed E-state index contributed by atoms with van der Waals surface area (Å²) < 4.78 is 0. The molecule has 1 unspecified atom stereocenters. The van der Waals surface area contributed by atoms with E-state index < -0.39 is 4.92 Å². The highest BCUT2D eigenvalue weighted by atomic mass is 16.6. The Kier molecular flexibility index (Phi) is 4.47. The van der Waals surface area contributed by atoms with E-state index in [-0.39, 0.29) is 34.8 Å². The molecule has 6 nitrogen and oxygen atoms in total. The van der Waals surface area contributed by atoms with E-state index in [1.165, 1.54) is 18.2 Å². The Morgan fingerprint density at radius 3 is 2.42 bits per heavy atom. The van der Waals surface area contributed by atoms with E-state index in [0.29, 0.717) is 0 Å². The zero-order valence-corrected chi connectivity index (χ0v) is 11.6. The van der Waals surface area contributed by atoms with Crippen molar-refractivity contribution in [3.05, 3.63) is 33.9 Å². The van der Waals surface area contributed by atoms with Crippen LogP contribution in [0.3, 0.4) is 0 Å². The van der Waals surface area contributed by atoms with Crippen molar-refractivity contribution >= 4 is 17.3 Å². The minimum absolute atomic E-state index is 0.0196. The molecule has 0 saturated heterocycles. The third-order valence-electron chi connectivity index (χ3n) is 3.41. The number of hydrogen-bond acceptors (Lipinski definition) is 4. The maximum Gasteiger partial charge on any atom is 0.292 e. The third-order valence-corrected chi connectivity index (χ3v) is 3.41. The van der Waals surface area contributed by atoms with Crippen molar-refractivity contribution in [3.63, 3.8) is 0 Å². The first kappa shape index (κ1) is 14.9. The summed E-state index contributed by atoms with van der Waals surface area (Å²) >= 11 is 0. The van der Waals surface area contributed by atoms with Crippen molar-refractivity contribution < 1.29 is 9.72 Å². The van der Waals surface area contributed by atoms with Gasteiger partial charge in [-0.2, -0.15) is 0 Å². The molecule has 1 aromatic rings. The van der Waals surface area contributed by atoms with E-state index in [1.54, 1.807) is 11.9 Å². The van der Waals surface area contributed by atoms with E-state index in [4.69, 9.17) is 5.73 Å². The Morgan fingerprint density at radius 1 is 1.37 bits per heavy atom. The highest BCUT2D eigenvalue weighted by molar-refractivity contribution is 6.01. The summed E-state index contributed by atoms with van der Waals surface area (Å²) in [6.45, 7) is 5.94. The SMILES string of the molecule is CC(C)C(C)N(C)C(=O)c1cccc([N+](=O)[O-])c1N. The molecular weight excluding hydrogens is 246 g/mol. The molecule has 2 N–H and O–H groups in total. The van der Waals surface area contributed by atoms with Crippen LogP contribution in [0.4, 0.5) is 11.4 Å². The van der Waals surface area contributed by atoms with Gasteiger partial charge in [0.1, 0.15) is 5.69 Å². The summed E-state index contributed by atoms with van der Waals surface area (Å²) in [7, 11) is 1.67. The summed E-state index contributed by atoms with van der Waals surface area (Å²) in [6.07, 6.45) is 0. The van der Waals surface area contributed by atoms with Crippen molar-refractivity contribution in [2.24, 2.45) is 5.92 Å². The van der Waals surface area contributed by atoms with Crippen LogP contribution in [-0.2, 0) is 0 Å². The average Bonchev–Trinajstić information content (AvgIpc) is 2.35. The molecule has 104 valence electrons. The summed E-state index contributed by atoms with van der Waals surface area (Å²) in [4.78, 5) is 24.1. The number of nitrogens with two attached hydrogens (primary N) is 1. The molecule has 0 bridgehead atoms. The van der Waals surface area contributed by atoms with E-state index in [2.05, 4.69) is 0 Å². The van der Waals surface area contributed by atoms with Crippen LogP contribution in [0.5, 0.6) is 0 Å². The van der Waals surface area contributed by atoms with Gasteiger partial charge in [-0.3, -0.25) is 14.9 Å². The minimum atomic E-state index is -0.585. The van der Waals surface area contributed by atoms with Gasteiger partial charge in [0.25, 0.3) is 11.6 Å². The number of nitro groups is 1. The lowest BCUT2D eigenvalue weighted by atomic mass is 10.0. The van der Waals surface area contributed by atoms with Gasteiger partial charge in [-0.1, -0.05) is 19.9 Å². The van der Waals surface area contributed by atoms with E-state index in [9.17, 15) is 14.9 Å². The monoisotopic (exact) mass is 265 g/mol. The molecule has 1 rings (SSSR count). The number of carbonyl (C=O) groups excluding carboxylic acids is 1. The maximum atomic E-state index is 12.3. The van der Waals surface area contributed by atoms with Gasteiger partial charge in [-0.15, -0.1) is 0 Å². The van der Waals surface area contributed by atoms with Crippen molar-refractivity contribution in [1.29, 1.82) is 0 Å². The largest absolute Gasteiger partial charge is 0.393 e. The summed E-state index contributed by atoms with van der Waals surface area (Å²) in [6, 6.07) is 4.29. The van der Waals surface area contributed by atoms with Gasteiger partial charge in [0.2, 0.25) is 0 Å². The fourth-order valence-corrected chi connectivity index (χ4v) is 1.72. The minimum Gasteiger partial charge on any atom is -0.393 e. The van der Waals surface area contributed by atoms with Gasteiger partial charge in [0, 0.05) is 19.2 Å². The van der Waals surface area contributed by atoms with Crippen LogP contribution in [0.2, 0.25) is 0 Å². The molecule has 0 fully saturated rings. The van der Waals surface area contributed by atoms with Crippen LogP contribution in [0.15, 0.2) is 18.2 Å². The molecule has 0 aliphatic heterocycles. The maximum absolute atomic E-state index is 12.3. The van der Waals surface area contributed by atoms with Crippen LogP contribution >= 0.6 is 0 Å². The average molecular weight is 265 g/mol. The number of para-hydroxylation sites is 1. The number of nitrogen functional groups attached to an aromatic ring is 1. The summed E-state index contributed by atoms with van der Waals surface area (Å²) in [5.74, 6) is -0.0173. The Balaban J connectivity index is 3.14. The Hall–Kier alpha value is -2.11. The number of hydrogen-bond donors (Lipinski definition) is 1. The predicted octanol–water partition coefficient (Wildman–Crippen LogP) is 2.29. The van der Waals surface area contributed by atoms with Gasteiger partial charge >= 0.3 is 0 Å². The van der Waals surface area contributed by atoms with Crippen molar-refractivity contribution in [2.45, 2.75) is 26.8 Å². The lowest BCUT2D eigenvalue weighted by Crippen LogP contribution is -2.38. The standard InChI is InChI=1S/C13H19N3O3/c1-8(2)9(3)15(4)13(17)10-6-5-7-11(12(10)14)16(18)19/h5-9H,14H2,1-4H3. The molecule has 19 heavy (non-hydrogen) atoms. The molecule has 0 radical (unpaired) electrons. The van der Waals surface area contributed by atoms with Gasteiger partial charge < -0.3 is 10.6 Å². The first-order valence-electron chi connectivity index (χ1n) is 6.07. The molecule has 0 aliphatic carbocycles. The van der Waals surface area contributed by atoms with Crippen molar-refractivity contribution in [3.8, 4) is 0 Å². The van der Waals surface area contributed by atoms with Gasteiger partial charge in [0.15, 0.2) is 0 Å². The molecule has 0 aromatic heterocycles. The number of amides is 1. The number of rotatable bonds is 4. The molecule has 0 heterocycles. The molecule has 6 heteroatoms. The Morgan fingerprint density at radius 2 is 1.95 bits per heavy atom. The quantitative estimate of drug-likeness (QED) is 0.514. The lowest BCUT2D eigenvalue weighted by Gasteiger charge is -2.28. The van der Waals surface area contributed by atoms with Gasteiger partial charge in [-0.25, -0.2) is 0 Å². The number of anilines is 1. The first-order chi connectivity index (χ1) is 8.77. The molecule has 1 amide bonds. The summed E-state index contributed by atoms with van der Waals surface area (Å²) in [5.41, 5.74) is 5.56. The number of nitro benzene ring substituents is 1. The molecular formula is C13H19N3O3. The third kappa shape index (κ3) is 3.01. The first-order valence-corrected chi connectivity index (χ1v) is 6.07. The fourth-order valence-electron chi connectivity index (χ4n) is 1.72. The van der Waals surface area contributed by atoms with Crippen LogP contribution in [0.25, 0.3) is 0 Å². The van der Waals surface area contributed by atoms with Crippen molar-refractivity contribution in [2.75, 3.05) is 12.8 Å². The van der Waals surface area contributed by atoms with Crippen LogP contribution in [0.1, 0.15) is 31.1 Å². The Labute approximate surface area is 112 Å². The highest BCUT2D eigenvalue weighted by Gasteiger charge is 2.24. The highest BCUT2D eigenvalue weighted by Crippen LogP contribution is 2.26. The smallest absolute Gasteiger partial charge is 0.292 e. The Bertz CT molecular complexity index is 500. The molecule has 0 aliphatic rings. The van der Waals surface area contributed by atoms with E-state index in [1.807, 2.05) is 20.8 Å². The van der Waals surface area contributed by atoms with Crippen LogP contribution in [0, 0.1) is 16.0 Å².